The van der Waals surface area contributed by atoms with Crippen molar-refractivity contribution in [2.45, 2.75) is 51.7 Å². The van der Waals surface area contributed by atoms with Gasteiger partial charge in [-0.1, -0.05) is 19.3 Å². The third kappa shape index (κ3) is 6.19. The van der Waals surface area contributed by atoms with Crippen LogP contribution in [0.15, 0.2) is 54.6 Å². The van der Waals surface area contributed by atoms with Gasteiger partial charge in [0, 0.05) is 49.1 Å². The number of aromatic nitrogens is 2. The second-order valence-electron chi connectivity index (χ2n) is 11.2. The van der Waals surface area contributed by atoms with E-state index in [9.17, 15) is 14.7 Å². The molecule has 1 amide bonds. The minimum Gasteiger partial charge on any atom is -0.489 e. The number of nitrogens with one attached hydrogen (secondary N) is 1. The number of rotatable bonds is 8. The molecular formula is C33H35FN4O5. The van der Waals surface area contributed by atoms with Crippen molar-refractivity contribution in [1.29, 1.82) is 0 Å². The summed E-state index contributed by atoms with van der Waals surface area (Å²) in [6.45, 7) is 4.38. The summed E-state index contributed by atoms with van der Waals surface area (Å²) in [6.07, 6.45) is 5.27. The zero-order valence-electron chi connectivity index (χ0n) is 24.1. The van der Waals surface area contributed by atoms with E-state index in [0.717, 1.165) is 55.5 Å². The van der Waals surface area contributed by atoms with Gasteiger partial charge in [0.05, 0.1) is 35.4 Å². The highest BCUT2D eigenvalue weighted by molar-refractivity contribution is 5.93. The number of nitrogens with zero attached hydrogens (tertiary/aromatic N) is 3. The fourth-order valence-electron chi connectivity index (χ4n) is 6.15. The maximum Gasteiger partial charge on any atom is 0.335 e. The van der Waals surface area contributed by atoms with Crippen molar-refractivity contribution in [3.05, 3.63) is 71.5 Å². The number of morpholine rings is 1. The Morgan fingerprint density at radius 3 is 2.56 bits per heavy atom. The lowest BCUT2D eigenvalue weighted by molar-refractivity contribution is -0.114. The zero-order valence-corrected chi connectivity index (χ0v) is 24.1. The first-order valence-electron chi connectivity index (χ1n) is 14.8. The van der Waals surface area contributed by atoms with E-state index in [4.69, 9.17) is 14.5 Å². The maximum absolute atomic E-state index is 15.8. The molecule has 224 valence electrons. The summed E-state index contributed by atoms with van der Waals surface area (Å²) in [4.78, 5) is 30.2. The van der Waals surface area contributed by atoms with E-state index in [-0.39, 0.29) is 24.1 Å². The summed E-state index contributed by atoms with van der Waals surface area (Å²) in [6, 6.07) is 15.6. The van der Waals surface area contributed by atoms with Gasteiger partial charge in [-0.25, -0.2) is 14.2 Å². The molecule has 2 N–H and O–H groups in total. The number of aromatic carboxylic acids is 1. The average Bonchev–Trinajstić information content (AvgIpc) is 3.39. The van der Waals surface area contributed by atoms with Gasteiger partial charge in [-0.15, -0.1) is 0 Å². The van der Waals surface area contributed by atoms with Crippen molar-refractivity contribution in [1.82, 2.24) is 9.55 Å². The van der Waals surface area contributed by atoms with Crippen molar-refractivity contribution in [3.8, 4) is 17.1 Å². The fourth-order valence-corrected chi connectivity index (χ4v) is 6.15. The first-order chi connectivity index (χ1) is 20.9. The maximum atomic E-state index is 15.8. The number of ether oxygens (including phenoxy) is 2. The summed E-state index contributed by atoms with van der Waals surface area (Å²) in [5.74, 6) is -0.799. The second-order valence-corrected chi connectivity index (χ2v) is 11.2. The molecule has 0 unspecified atom stereocenters. The van der Waals surface area contributed by atoms with Crippen LogP contribution in [0.4, 0.5) is 15.8 Å². The monoisotopic (exact) mass is 586 g/mol. The number of amides is 1. The molecule has 9 nitrogen and oxygen atoms in total. The molecule has 1 aliphatic carbocycles. The molecular weight excluding hydrogens is 551 g/mol. The van der Waals surface area contributed by atoms with Gasteiger partial charge in [0.15, 0.2) is 0 Å². The number of carboxylic acids is 1. The number of benzene rings is 3. The minimum atomic E-state index is -1.03. The number of hydrogen-bond donors (Lipinski definition) is 2. The molecule has 2 aliphatic rings. The highest BCUT2D eigenvalue weighted by Gasteiger charge is 2.25. The number of anilines is 2. The van der Waals surface area contributed by atoms with Crippen LogP contribution in [-0.4, -0.2) is 52.8 Å². The fraction of sp³-hybridized carbons (Fsp3) is 0.364. The Labute approximate surface area is 249 Å². The van der Waals surface area contributed by atoms with E-state index in [1.807, 2.05) is 18.2 Å². The Balaban J connectivity index is 1.30. The van der Waals surface area contributed by atoms with Gasteiger partial charge in [-0.05, 0) is 61.4 Å². The number of halogens is 1. The van der Waals surface area contributed by atoms with Crippen LogP contribution < -0.4 is 15.0 Å². The number of carboxylic acid groups (broad SMARTS) is 1. The molecule has 0 spiro atoms. The van der Waals surface area contributed by atoms with Gasteiger partial charge in [0.2, 0.25) is 5.91 Å². The first kappa shape index (κ1) is 28.7. The van der Waals surface area contributed by atoms with E-state index >= 15 is 4.39 Å². The molecule has 3 aromatic carbocycles. The summed E-state index contributed by atoms with van der Waals surface area (Å²) >= 11 is 0. The van der Waals surface area contributed by atoms with Gasteiger partial charge in [0.1, 0.15) is 24.0 Å². The number of hydrogen-bond acceptors (Lipinski definition) is 6. The number of imidazole rings is 1. The van der Waals surface area contributed by atoms with E-state index in [1.165, 1.54) is 19.4 Å². The van der Waals surface area contributed by atoms with Gasteiger partial charge in [-0.2, -0.15) is 0 Å². The molecule has 10 heteroatoms. The van der Waals surface area contributed by atoms with Crippen molar-refractivity contribution in [3.63, 3.8) is 0 Å². The van der Waals surface area contributed by atoms with Crippen molar-refractivity contribution < 1.29 is 28.6 Å². The number of carbonyl (C=O) groups excluding carboxylic acids is 1. The van der Waals surface area contributed by atoms with Crippen LogP contribution in [0, 0.1) is 5.82 Å². The van der Waals surface area contributed by atoms with Gasteiger partial charge in [-0.3, -0.25) is 4.79 Å². The Morgan fingerprint density at radius 1 is 1.05 bits per heavy atom. The van der Waals surface area contributed by atoms with Gasteiger partial charge >= 0.3 is 5.97 Å². The van der Waals surface area contributed by atoms with E-state index in [0.29, 0.717) is 41.6 Å². The van der Waals surface area contributed by atoms with Crippen molar-refractivity contribution in [2.75, 3.05) is 36.5 Å². The van der Waals surface area contributed by atoms with Crippen LogP contribution in [0.5, 0.6) is 5.75 Å². The average molecular weight is 587 g/mol. The smallest absolute Gasteiger partial charge is 0.335 e. The predicted molar refractivity (Wildman–Crippen MR) is 162 cm³/mol. The SMILES string of the molecule is CC(=O)Nc1ccc(N2CCOCC2)c(COc2ccc(-c3nc4cc(C(=O)O)ccc4n3C3CCCCC3)c(F)c2)c1. The highest BCUT2D eigenvalue weighted by atomic mass is 19.1. The Morgan fingerprint density at radius 2 is 1.84 bits per heavy atom. The Hall–Kier alpha value is -4.44. The lowest BCUT2D eigenvalue weighted by Gasteiger charge is -2.31. The van der Waals surface area contributed by atoms with E-state index in [1.54, 1.807) is 30.3 Å². The summed E-state index contributed by atoms with van der Waals surface area (Å²) in [5, 5.41) is 12.3. The third-order valence-corrected chi connectivity index (χ3v) is 8.20. The van der Waals surface area contributed by atoms with E-state index in [2.05, 4.69) is 14.8 Å². The van der Waals surface area contributed by atoms with Crippen LogP contribution in [-0.2, 0) is 16.1 Å². The van der Waals surface area contributed by atoms with Crippen molar-refractivity contribution in [2.24, 2.45) is 0 Å². The molecule has 2 heterocycles. The third-order valence-electron chi connectivity index (χ3n) is 8.20. The molecule has 0 radical (unpaired) electrons. The molecule has 0 bridgehead atoms. The summed E-state index contributed by atoms with van der Waals surface area (Å²) < 4.78 is 29.5. The van der Waals surface area contributed by atoms with Crippen LogP contribution >= 0.6 is 0 Å². The highest BCUT2D eigenvalue weighted by Crippen LogP contribution is 2.38. The molecule has 1 saturated carbocycles. The lowest BCUT2D eigenvalue weighted by Crippen LogP contribution is -2.36. The van der Waals surface area contributed by atoms with Gasteiger partial charge < -0.3 is 29.4 Å². The molecule has 2 fully saturated rings. The molecule has 4 aromatic rings. The molecule has 1 saturated heterocycles. The van der Waals surface area contributed by atoms with Crippen molar-refractivity contribution >= 4 is 34.3 Å². The number of fused-ring (bicyclic) bond motifs is 1. The Kier molecular flexibility index (Phi) is 8.29. The number of carbonyl (C=O) groups is 2. The molecule has 0 atom stereocenters. The van der Waals surface area contributed by atoms with Crippen LogP contribution in [0.1, 0.15) is 61.0 Å². The molecule has 1 aromatic heterocycles. The van der Waals surface area contributed by atoms with Crippen LogP contribution in [0.2, 0.25) is 0 Å². The Bertz CT molecular complexity index is 1660. The molecule has 43 heavy (non-hydrogen) atoms. The minimum absolute atomic E-state index is 0.149. The largest absolute Gasteiger partial charge is 0.489 e. The summed E-state index contributed by atoms with van der Waals surface area (Å²) in [5.41, 5.74) is 4.35. The van der Waals surface area contributed by atoms with Crippen LogP contribution in [0.3, 0.4) is 0 Å². The standard InChI is InChI=1S/C33H35FN4O5/c1-21(39)35-24-8-12-30(37-13-15-42-16-14-37)23(17-24)20-43-26-9-10-27(28(34)19-26)32-36-29-18-22(33(40)41)7-11-31(29)38(32)25-5-3-2-4-6-25/h7-12,17-19,25H,2-6,13-16,20H2,1H3,(H,35,39)(H,40,41). The van der Waals surface area contributed by atoms with E-state index < -0.39 is 11.8 Å². The normalized spacial score (nSPS) is 15.9. The van der Waals surface area contributed by atoms with Gasteiger partial charge in [0.25, 0.3) is 0 Å². The first-order valence-corrected chi connectivity index (χ1v) is 14.8. The summed E-state index contributed by atoms with van der Waals surface area (Å²) in [7, 11) is 0. The topological polar surface area (TPSA) is 106 Å². The molecule has 6 rings (SSSR count). The van der Waals surface area contributed by atoms with Crippen LogP contribution in [0.25, 0.3) is 22.4 Å². The zero-order chi connectivity index (χ0) is 29.9. The molecule has 1 aliphatic heterocycles. The predicted octanol–water partition coefficient (Wildman–Crippen LogP) is 6.42. The second kappa shape index (κ2) is 12.4. The lowest BCUT2D eigenvalue weighted by atomic mass is 9.94. The quantitative estimate of drug-likeness (QED) is 0.245.